The highest BCUT2D eigenvalue weighted by molar-refractivity contribution is 6.31. The van der Waals surface area contributed by atoms with E-state index < -0.39 is 5.82 Å². The Bertz CT molecular complexity index is 1270. The molecule has 148 valence electrons. The minimum Gasteiger partial charge on any atom is -0.464 e. The molecular weight excluding hydrogens is 399 g/mol. The summed E-state index contributed by atoms with van der Waals surface area (Å²) in [4.78, 5) is 21.1. The lowest BCUT2D eigenvalue weighted by atomic mass is 10.1. The van der Waals surface area contributed by atoms with Gasteiger partial charge in [-0.1, -0.05) is 11.6 Å². The Hall–Kier alpha value is -3.10. The first-order valence-corrected chi connectivity index (χ1v) is 9.03. The molecule has 0 N–H and O–H groups in total. The predicted molar refractivity (Wildman–Crippen MR) is 107 cm³/mol. The van der Waals surface area contributed by atoms with Crippen LogP contribution in [0.2, 0.25) is 5.02 Å². The predicted octanol–water partition coefficient (Wildman–Crippen LogP) is 4.16. The van der Waals surface area contributed by atoms with Crippen molar-refractivity contribution in [3.05, 3.63) is 47.0 Å². The molecule has 0 amide bonds. The van der Waals surface area contributed by atoms with E-state index in [1.165, 1.54) is 18.7 Å². The number of nitrogens with zero attached hydrogens (tertiary/aromatic N) is 4. The Balaban J connectivity index is 2.04. The number of benzene rings is 2. The van der Waals surface area contributed by atoms with E-state index in [1.807, 2.05) is 0 Å². The SMILES string of the molecule is COCOc1c(-c2nc(C(C)=O)c3cc(Cl)ccc3n2)cc2cn(C)nc2c1F. The van der Waals surface area contributed by atoms with Gasteiger partial charge in [0.1, 0.15) is 11.2 Å². The van der Waals surface area contributed by atoms with Gasteiger partial charge < -0.3 is 9.47 Å². The van der Waals surface area contributed by atoms with E-state index in [0.29, 0.717) is 26.9 Å². The number of ketones is 1. The molecule has 0 unspecified atom stereocenters. The number of fused-ring (bicyclic) bond motifs is 2. The van der Waals surface area contributed by atoms with E-state index in [4.69, 9.17) is 21.1 Å². The zero-order chi connectivity index (χ0) is 20.7. The summed E-state index contributed by atoms with van der Waals surface area (Å²) in [5.74, 6) is -0.857. The molecule has 0 spiro atoms. The highest BCUT2D eigenvalue weighted by Gasteiger charge is 2.22. The molecule has 7 nitrogen and oxygen atoms in total. The number of carbonyl (C=O) groups excluding carboxylic acids is 1. The lowest BCUT2D eigenvalue weighted by Gasteiger charge is -2.13. The third-order valence-corrected chi connectivity index (χ3v) is 4.60. The van der Waals surface area contributed by atoms with Crippen LogP contribution in [-0.2, 0) is 11.8 Å². The largest absolute Gasteiger partial charge is 0.464 e. The topological polar surface area (TPSA) is 79.1 Å². The van der Waals surface area contributed by atoms with Gasteiger partial charge in [-0.25, -0.2) is 14.4 Å². The quantitative estimate of drug-likeness (QED) is 0.360. The molecule has 0 aliphatic rings. The van der Waals surface area contributed by atoms with Crippen molar-refractivity contribution in [1.29, 1.82) is 0 Å². The molecule has 0 bridgehead atoms. The Kier molecular flexibility index (Phi) is 4.89. The van der Waals surface area contributed by atoms with Crippen molar-refractivity contribution in [3.63, 3.8) is 0 Å². The Morgan fingerprint density at radius 2 is 2.07 bits per heavy atom. The van der Waals surface area contributed by atoms with Crippen LogP contribution in [0.15, 0.2) is 30.5 Å². The van der Waals surface area contributed by atoms with E-state index in [9.17, 15) is 4.79 Å². The Morgan fingerprint density at radius 1 is 1.28 bits per heavy atom. The second kappa shape index (κ2) is 7.38. The van der Waals surface area contributed by atoms with Crippen molar-refractivity contribution in [2.75, 3.05) is 13.9 Å². The maximum Gasteiger partial charge on any atom is 0.193 e. The van der Waals surface area contributed by atoms with Gasteiger partial charge in [0.2, 0.25) is 0 Å². The fourth-order valence-electron chi connectivity index (χ4n) is 3.14. The van der Waals surface area contributed by atoms with E-state index in [0.717, 1.165) is 0 Å². The highest BCUT2D eigenvalue weighted by atomic mass is 35.5. The zero-order valence-corrected chi connectivity index (χ0v) is 16.6. The van der Waals surface area contributed by atoms with Crippen molar-refractivity contribution in [1.82, 2.24) is 19.7 Å². The molecule has 9 heteroatoms. The van der Waals surface area contributed by atoms with E-state index in [-0.39, 0.29) is 35.4 Å². The number of Topliss-reactive ketones (excluding diaryl/α,β-unsaturated/α-hetero) is 1. The first kappa shape index (κ1) is 19.2. The van der Waals surface area contributed by atoms with Gasteiger partial charge in [0, 0.05) is 43.1 Å². The van der Waals surface area contributed by atoms with Gasteiger partial charge in [-0.3, -0.25) is 9.48 Å². The molecule has 2 aromatic carbocycles. The van der Waals surface area contributed by atoms with Crippen LogP contribution >= 0.6 is 11.6 Å². The van der Waals surface area contributed by atoms with E-state index in [2.05, 4.69) is 15.1 Å². The zero-order valence-electron chi connectivity index (χ0n) is 15.9. The van der Waals surface area contributed by atoms with Crippen LogP contribution in [0.4, 0.5) is 4.39 Å². The molecule has 0 radical (unpaired) electrons. The van der Waals surface area contributed by atoms with E-state index >= 15 is 4.39 Å². The number of aryl methyl sites for hydroxylation is 1. The number of halogens is 2. The van der Waals surface area contributed by atoms with Crippen LogP contribution in [0, 0.1) is 5.82 Å². The number of rotatable bonds is 5. The van der Waals surface area contributed by atoms with Gasteiger partial charge in [-0.15, -0.1) is 0 Å². The van der Waals surface area contributed by atoms with Crippen molar-refractivity contribution < 1.29 is 18.7 Å². The number of ether oxygens (including phenoxy) is 2. The lowest BCUT2D eigenvalue weighted by Crippen LogP contribution is -2.06. The van der Waals surface area contributed by atoms with Crippen LogP contribution in [0.3, 0.4) is 0 Å². The Morgan fingerprint density at radius 3 is 2.79 bits per heavy atom. The van der Waals surface area contributed by atoms with Crippen LogP contribution in [0.5, 0.6) is 5.75 Å². The fraction of sp³-hybridized carbons (Fsp3) is 0.200. The van der Waals surface area contributed by atoms with Crippen molar-refractivity contribution in [3.8, 4) is 17.1 Å². The lowest BCUT2D eigenvalue weighted by molar-refractivity contribution is 0.0489. The van der Waals surface area contributed by atoms with Crippen molar-refractivity contribution >= 4 is 39.2 Å². The van der Waals surface area contributed by atoms with Gasteiger partial charge in [-0.05, 0) is 24.3 Å². The summed E-state index contributed by atoms with van der Waals surface area (Å²) in [6.07, 6.45) is 1.68. The fourth-order valence-corrected chi connectivity index (χ4v) is 3.32. The standard InChI is InChI=1S/C20H16ClFN4O3/c1-10(27)17-13-7-12(21)4-5-15(13)23-20(24-17)14-6-11-8-26(2)25-18(11)16(22)19(14)29-9-28-3/h4-8H,9H2,1-3H3. The number of hydrogen-bond acceptors (Lipinski definition) is 6. The minimum atomic E-state index is -0.653. The Labute approximate surface area is 170 Å². The number of carbonyl (C=O) groups is 1. The normalized spacial score (nSPS) is 11.3. The number of hydrogen-bond donors (Lipinski definition) is 0. The maximum atomic E-state index is 15.2. The van der Waals surface area contributed by atoms with Crippen LogP contribution in [0.25, 0.3) is 33.2 Å². The second-order valence-corrected chi connectivity index (χ2v) is 6.91. The molecule has 0 saturated heterocycles. The average Bonchev–Trinajstić information content (AvgIpc) is 3.07. The summed E-state index contributed by atoms with van der Waals surface area (Å²) >= 11 is 6.06. The van der Waals surface area contributed by atoms with E-state index in [1.54, 1.807) is 37.5 Å². The van der Waals surface area contributed by atoms with Gasteiger partial charge >= 0.3 is 0 Å². The second-order valence-electron chi connectivity index (χ2n) is 6.47. The summed E-state index contributed by atoms with van der Waals surface area (Å²) < 4.78 is 27.1. The van der Waals surface area contributed by atoms with Gasteiger partial charge in [0.25, 0.3) is 0 Å². The summed E-state index contributed by atoms with van der Waals surface area (Å²) in [5, 5.41) is 5.67. The summed E-state index contributed by atoms with van der Waals surface area (Å²) in [6.45, 7) is 1.23. The first-order valence-electron chi connectivity index (χ1n) is 8.65. The summed E-state index contributed by atoms with van der Waals surface area (Å²) in [6, 6.07) is 6.66. The average molecular weight is 415 g/mol. The minimum absolute atomic E-state index is 0.0964. The third kappa shape index (κ3) is 3.41. The molecular formula is C20H16ClFN4O3. The first-order chi connectivity index (χ1) is 13.9. The molecule has 29 heavy (non-hydrogen) atoms. The molecule has 0 saturated carbocycles. The monoisotopic (exact) mass is 414 g/mol. The van der Waals surface area contributed by atoms with Gasteiger partial charge in [0.15, 0.2) is 30.0 Å². The van der Waals surface area contributed by atoms with Crippen molar-refractivity contribution in [2.45, 2.75) is 6.92 Å². The van der Waals surface area contributed by atoms with Gasteiger partial charge in [-0.2, -0.15) is 5.10 Å². The molecule has 2 aromatic heterocycles. The highest BCUT2D eigenvalue weighted by Crippen LogP contribution is 2.37. The molecule has 0 aliphatic carbocycles. The molecule has 2 heterocycles. The maximum absolute atomic E-state index is 15.2. The molecule has 4 aromatic rings. The van der Waals surface area contributed by atoms with Crippen LogP contribution in [0.1, 0.15) is 17.4 Å². The summed E-state index contributed by atoms with van der Waals surface area (Å²) in [5.41, 5.74) is 1.15. The van der Waals surface area contributed by atoms with Gasteiger partial charge in [0.05, 0.1) is 11.1 Å². The van der Waals surface area contributed by atoms with Crippen LogP contribution < -0.4 is 4.74 Å². The number of methoxy groups -OCH3 is 1. The number of aromatic nitrogens is 4. The molecule has 0 aliphatic heterocycles. The summed E-state index contributed by atoms with van der Waals surface area (Å²) in [7, 11) is 3.12. The smallest absolute Gasteiger partial charge is 0.193 e. The third-order valence-electron chi connectivity index (χ3n) is 4.36. The molecule has 0 fully saturated rings. The van der Waals surface area contributed by atoms with Crippen molar-refractivity contribution in [2.24, 2.45) is 7.05 Å². The molecule has 4 rings (SSSR count). The molecule has 0 atom stereocenters. The van der Waals surface area contributed by atoms with Crippen LogP contribution in [-0.4, -0.2) is 39.4 Å².